The van der Waals surface area contributed by atoms with Gasteiger partial charge in [0, 0.05) is 0 Å². The summed E-state index contributed by atoms with van der Waals surface area (Å²) in [6, 6.07) is 3.57. The van der Waals surface area contributed by atoms with Gasteiger partial charge in [0.2, 0.25) is 0 Å². The summed E-state index contributed by atoms with van der Waals surface area (Å²) in [6.45, 7) is 2.01. The van der Waals surface area contributed by atoms with Crippen molar-refractivity contribution in [1.82, 2.24) is 9.97 Å². The highest BCUT2D eigenvalue weighted by Crippen LogP contribution is 2.35. The third kappa shape index (κ3) is 4.29. The van der Waals surface area contributed by atoms with Crippen molar-refractivity contribution in [2.24, 2.45) is 0 Å². The molecule has 9 heteroatoms. The van der Waals surface area contributed by atoms with Crippen LogP contribution in [0.5, 0.6) is 11.5 Å². The molecule has 1 aromatic carbocycles. The molecule has 2 N–H and O–H groups in total. The molecule has 0 amide bonds. The van der Waals surface area contributed by atoms with E-state index in [0.29, 0.717) is 18.2 Å². The minimum Gasteiger partial charge on any atom is -0.503 e. The lowest BCUT2D eigenvalue weighted by Gasteiger charge is -2.08. The maximum absolute atomic E-state index is 12.7. The van der Waals surface area contributed by atoms with Crippen LogP contribution in [-0.4, -0.2) is 21.7 Å². The SMILES string of the molecule is CCOc1cc(/C=C/c2cc(C(F)(F)F)[nH]c(=O)n2)cc(Cl)c1O. The highest BCUT2D eigenvalue weighted by Gasteiger charge is 2.32. The monoisotopic (exact) mass is 360 g/mol. The van der Waals surface area contributed by atoms with Crippen molar-refractivity contribution in [3.05, 3.63) is 50.7 Å². The number of halogens is 4. The highest BCUT2D eigenvalue weighted by atomic mass is 35.5. The van der Waals surface area contributed by atoms with Gasteiger partial charge in [0.15, 0.2) is 11.5 Å². The van der Waals surface area contributed by atoms with E-state index in [0.717, 1.165) is 0 Å². The number of H-pyrrole nitrogens is 1. The maximum Gasteiger partial charge on any atom is 0.431 e. The molecule has 0 saturated heterocycles. The van der Waals surface area contributed by atoms with E-state index < -0.39 is 17.6 Å². The minimum atomic E-state index is -4.69. The number of nitrogens with one attached hydrogen (secondary N) is 1. The number of alkyl halides is 3. The average molecular weight is 361 g/mol. The van der Waals surface area contributed by atoms with Crippen LogP contribution < -0.4 is 10.4 Å². The van der Waals surface area contributed by atoms with Gasteiger partial charge in [0.1, 0.15) is 5.69 Å². The van der Waals surface area contributed by atoms with E-state index in [4.69, 9.17) is 16.3 Å². The summed E-state index contributed by atoms with van der Waals surface area (Å²) in [6.07, 6.45) is -2.06. The molecule has 1 heterocycles. The number of phenolic OH excluding ortho intramolecular Hbond substituents is 1. The average Bonchev–Trinajstić information content (AvgIpc) is 2.49. The second-order valence-electron chi connectivity index (χ2n) is 4.64. The minimum absolute atomic E-state index is 0.0236. The Balaban J connectivity index is 2.38. The van der Waals surface area contributed by atoms with Gasteiger partial charge < -0.3 is 14.8 Å². The van der Waals surface area contributed by atoms with Crippen LogP contribution in [-0.2, 0) is 6.18 Å². The molecule has 0 aliphatic carbocycles. The molecule has 0 spiro atoms. The van der Waals surface area contributed by atoms with Crippen LogP contribution in [0.2, 0.25) is 5.02 Å². The molecule has 1 aromatic heterocycles. The van der Waals surface area contributed by atoms with E-state index in [1.54, 1.807) is 11.9 Å². The Morgan fingerprint density at radius 2 is 2.04 bits per heavy atom. The van der Waals surface area contributed by atoms with Crippen molar-refractivity contribution in [1.29, 1.82) is 0 Å². The highest BCUT2D eigenvalue weighted by molar-refractivity contribution is 6.32. The summed E-state index contributed by atoms with van der Waals surface area (Å²) in [5, 5.41) is 9.76. The number of hydrogen-bond donors (Lipinski definition) is 2. The lowest BCUT2D eigenvalue weighted by atomic mass is 10.1. The first-order valence-electron chi connectivity index (χ1n) is 6.72. The zero-order chi connectivity index (χ0) is 17.9. The zero-order valence-electron chi connectivity index (χ0n) is 12.3. The first-order valence-corrected chi connectivity index (χ1v) is 7.10. The van der Waals surface area contributed by atoms with E-state index in [9.17, 15) is 23.1 Å². The molecule has 0 saturated carbocycles. The van der Waals surface area contributed by atoms with Crippen molar-refractivity contribution < 1.29 is 23.0 Å². The molecule has 0 atom stereocenters. The maximum atomic E-state index is 12.7. The van der Waals surface area contributed by atoms with Crippen LogP contribution in [0, 0.1) is 0 Å². The molecule has 0 radical (unpaired) electrons. The number of phenols is 1. The molecule has 5 nitrogen and oxygen atoms in total. The van der Waals surface area contributed by atoms with E-state index in [1.165, 1.54) is 24.3 Å². The Labute approximate surface area is 139 Å². The van der Waals surface area contributed by atoms with E-state index >= 15 is 0 Å². The summed E-state index contributed by atoms with van der Waals surface area (Å²) in [5.41, 5.74) is -2.02. The van der Waals surface area contributed by atoms with Crippen LogP contribution in [0.25, 0.3) is 12.2 Å². The number of aromatic hydroxyl groups is 1. The molecular weight excluding hydrogens is 349 g/mol. The molecule has 128 valence electrons. The molecule has 0 unspecified atom stereocenters. The van der Waals surface area contributed by atoms with Crippen molar-refractivity contribution in [2.75, 3.05) is 6.61 Å². The standard InChI is InChI=1S/C15H12ClF3N2O3/c1-2-24-11-6-8(5-10(16)13(11)22)3-4-9-7-12(15(17,18)19)21-14(23)20-9/h3-7,22H,2H2,1H3,(H,20,21,23)/b4-3+. The van der Waals surface area contributed by atoms with Gasteiger partial charge in [-0.25, -0.2) is 4.79 Å². The summed E-state index contributed by atoms with van der Waals surface area (Å²) in [4.78, 5) is 16.3. The Morgan fingerprint density at radius 1 is 1.33 bits per heavy atom. The molecule has 2 aromatic rings. The largest absolute Gasteiger partial charge is 0.503 e. The van der Waals surface area contributed by atoms with E-state index in [1.807, 2.05) is 0 Å². The van der Waals surface area contributed by atoms with Crippen molar-refractivity contribution in [3.8, 4) is 11.5 Å². The van der Waals surface area contributed by atoms with E-state index in [2.05, 4.69) is 4.98 Å². The lowest BCUT2D eigenvalue weighted by Crippen LogP contribution is -2.19. The third-order valence-electron chi connectivity index (χ3n) is 2.87. The number of benzene rings is 1. The smallest absolute Gasteiger partial charge is 0.431 e. The van der Waals surface area contributed by atoms with Gasteiger partial charge in [-0.3, -0.25) is 0 Å². The third-order valence-corrected chi connectivity index (χ3v) is 3.16. The number of rotatable bonds is 4. The first-order chi connectivity index (χ1) is 11.2. The number of ether oxygens (including phenoxy) is 1. The molecule has 0 aliphatic heterocycles. The number of nitrogens with zero attached hydrogens (tertiary/aromatic N) is 1. The second-order valence-corrected chi connectivity index (χ2v) is 5.05. The fourth-order valence-electron chi connectivity index (χ4n) is 1.85. The van der Waals surface area contributed by atoms with Gasteiger partial charge in [-0.2, -0.15) is 18.2 Å². The Morgan fingerprint density at radius 3 is 2.67 bits per heavy atom. The Bertz CT molecular complexity index is 832. The van der Waals surface area contributed by atoms with Gasteiger partial charge in [0.25, 0.3) is 0 Å². The predicted molar refractivity (Wildman–Crippen MR) is 83.1 cm³/mol. The lowest BCUT2D eigenvalue weighted by molar-refractivity contribution is -0.141. The van der Waals surface area contributed by atoms with Crippen LogP contribution >= 0.6 is 11.6 Å². The zero-order valence-corrected chi connectivity index (χ0v) is 13.1. The number of aromatic nitrogens is 2. The quantitative estimate of drug-likeness (QED) is 0.871. The normalized spacial score (nSPS) is 11.9. The number of aromatic amines is 1. The van der Waals surface area contributed by atoms with E-state index in [-0.39, 0.29) is 22.2 Å². The Kier molecular flexibility index (Phi) is 5.18. The molecule has 0 fully saturated rings. The molecule has 24 heavy (non-hydrogen) atoms. The summed E-state index contributed by atoms with van der Waals surface area (Å²) in [7, 11) is 0. The second kappa shape index (κ2) is 6.96. The van der Waals surface area contributed by atoms with Gasteiger partial charge in [-0.05, 0) is 36.8 Å². The van der Waals surface area contributed by atoms with Crippen LogP contribution in [0.4, 0.5) is 13.2 Å². The molecule has 0 bridgehead atoms. The van der Waals surface area contributed by atoms with Crippen molar-refractivity contribution in [2.45, 2.75) is 13.1 Å². The molecule has 2 rings (SSSR count). The van der Waals surface area contributed by atoms with Gasteiger partial charge >= 0.3 is 11.9 Å². The van der Waals surface area contributed by atoms with Crippen LogP contribution in [0.1, 0.15) is 23.9 Å². The van der Waals surface area contributed by atoms with Crippen LogP contribution in [0.15, 0.2) is 23.0 Å². The van der Waals surface area contributed by atoms with Gasteiger partial charge in [-0.15, -0.1) is 0 Å². The topological polar surface area (TPSA) is 75.2 Å². The van der Waals surface area contributed by atoms with Crippen molar-refractivity contribution >= 4 is 23.8 Å². The predicted octanol–water partition coefficient (Wildman–Crippen LogP) is 3.72. The fourth-order valence-corrected chi connectivity index (χ4v) is 2.07. The first kappa shape index (κ1) is 17.9. The Hall–Kier alpha value is -2.48. The van der Waals surface area contributed by atoms with Crippen LogP contribution in [0.3, 0.4) is 0 Å². The fraction of sp³-hybridized carbons (Fsp3) is 0.200. The number of hydrogen-bond acceptors (Lipinski definition) is 4. The van der Waals surface area contributed by atoms with Gasteiger partial charge in [0.05, 0.1) is 17.3 Å². The molecule has 0 aliphatic rings. The summed E-state index contributed by atoms with van der Waals surface area (Å²) >= 11 is 5.86. The van der Waals surface area contributed by atoms with Gasteiger partial charge in [-0.1, -0.05) is 17.7 Å². The molecular formula is C15H12ClF3N2O3. The summed E-state index contributed by atoms with van der Waals surface area (Å²) < 4.78 is 43.2. The summed E-state index contributed by atoms with van der Waals surface area (Å²) in [5.74, 6) is -0.0937. The van der Waals surface area contributed by atoms with Crippen molar-refractivity contribution in [3.63, 3.8) is 0 Å².